The molecule has 0 aliphatic heterocycles. The van der Waals surface area contributed by atoms with Gasteiger partial charge in [0.25, 0.3) is 0 Å². The summed E-state index contributed by atoms with van der Waals surface area (Å²) in [6.07, 6.45) is 13.2. The lowest BCUT2D eigenvalue weighted by Crippen LogP contribution is -2.05. The third kappa shape index (κ3) is 6.68. The van der Waals surface area contributed by atoms with Gasteiger partial charge in [0.1, 0.15) is 0 Å². The first-order valence-corrected chi connectivity index (χ1v) is 9.37. The highest BCUT2D eigenvalue weighted by Crippen LogP contribution is 2.22. The van der Waals surface area contributed by atoms with Crippen molar-refractivity contribution in [3.8, 4) is 11.3 Å². The van der Waals surface area contributed by atoms with E-state index in [-0.39, 0.29) is 6.42 Å². The number of fused-ring (bicyclic) bond motifs is 1. The van der Waals surface area contributed by atoms with Crippen molar-refractivity contribution in [2.45, 2.75) is 33.1 Å². The monoisotopic (exact) mass is 396 g/mol. The van der Waals surface area contributed by atoms with E-state index in [1.165, 1.54) is 6.92 Å². The van der Waals surface area contributed by atoms with Crippen molar-refractivity contribution < 1.29 is 8.78 Å². The molecular weight excluding hydrogens is 370 g/mol. The summed E-state index contributed by atoms with van der Waals surface area (Å²) < 4.78 is 24.9. The minimum absolute atomic E-state index is 0.0625. The standard InChI is InChI=1S/C19H18N4.C4H8F2/c1-3-5-11-16(4-2)21-18-19-20-12-13-23(19)14-17(22-18)15-9-7-6-8-10-15;1-3-4(2,5)6/h3-14H,1H2,2H3,(H,21,22);3H2,1-2H3/b11-5-,16-4+;. The Labute approximate surface area is 170 Å². The molecule has 0 aliphatic carbocycles. The highest BCUT2D eigenvalue weighted by atomic mass is 19.3. The lowest BCUT2D eigenvalue weighted by atomic mass is 10.2. The number of benzene rings is 1. The van der Waals surface area contributed by atoms with Gasteiger partial charge in [-0.1, -0.05) is 62.1 Å². The maximum atomic E-state index is 11.5. The lowest BCUT2D eigenvalue weighted by Gasteiger charge is -2.10. The van der Waals surface area contributed by atoms with Crippen LogP contribution in [0.2, 0.25) is 0 Å². The molecule has 0 amide bonds. The molecule has 0 saturated heterocycles. The SMILES string of the molecule is C=C/C=C\C(=C/C)Nc1nc(-c2ccccc2)cn2ccnc12.CCC(C)(F)F. The Hall–Kier alpha value is -3.28. The molecule has 4 nitrogen and oxygen atoms in total. The van der Waals surface area contributed by atoms with Crippen molar-refractivity contribution in [3.05, 3.63) is 85.5 Å². The minimum atomic E-state index is -2.46. The molecule has 6 heteroatoms. The van der Waals surface area contributed by atoms with Gasteiger partial charge in [-0.3, -0.25) is 0 Å². The summed E-state index contributed by atoms with van der Waals surface area (Å²) in [7, 11) is 0. The number of halogens is 2. The van der Waals surface area contributed by atoms with Gasteiger partial charge in [-0.05, 0) is 19.9 Å². The van der Waals surface area contributed by atoms with Crippen LogP contribution in [0.15, 0.2) is 85.5 Å². The largest absolute Gasteiger partial charge is 0.337 e. The first kappa shape index (κ1) is 22.0. The summed E-state index contributed by atoms with van der Waals surface area (Å²) in [5, 5.41) is 3.33. The van der Waals surface area contributed by atoms with Crippen molar-refractivity contribution in [2.24, 2.45) is 0 Å². The zero-order chi connectivity index (χ0) is 21.3. The molecule has 0 radical (unpaired) electrons. The summed E-state index contributed by atoms with van der Waals surface area (Å²) in [6, 6.07) is 10.1. The molecule has 0 aliphatic rings. The topological polar surface area (TPSA) is 42.2 Å². The van der Waals surface area contributed by atoms with Gasteiger partial charge in [0.15, 0.2) is 11.5 Å². The molecule has 2 heterocycles. The van der Waals surface area contributed by atoms with Crippen LogP contribution in [0.1, 0.15) is 27.2 Å². The van der Waals surface area contributed by atoms with Crippen molar-refractivity contribution in [2.75, 3.05) is 5.32 Å². The predicted octanol–water partition coefficient (Wildman–Crippen LogP) is 6.51. The van der Waals surface area contributed by atoms with E-state index in [2.05, 4.69) is 16.9 Å². The molecule has 3 rings (SSSR count). The number of anilines is 1. The van der Waals surface area contributed by atoms with Gasteiger partial charge in [0.2, 0.25) is 5.92 Å². The quantitative estimate of drug-likeness (QED) is 0.483. The Balaban J connectivity index is 0.000000438. The third-order valence-corrected chi connectivity index (χ3v) is 4.05. The Morgan fingerprint density at radius 1 is 1.28 bits per heavy atom. The second kappa shape index (κ2) is 10.3. The number of hydrogen-bond acceptors (Lipinski definition) is 3. The molecule has 1 N–H and O–H groups in total. The molecule has 29 heavy (non-hydrogen) atoms. The van der Waals surface area contributed by atoms with Crippen molar-refractivity contribution in [3.63, 3.8) is 0 Å². The normalized spacial score (nSPS) is 12.0. The average molecular weight is 396 g/mol. The van der Waals surface area contributed by atoms with Crippen LogP contribution < -0.4 is 5.32 Å². The van der Waals surface area contributed by atoms with Gasteiger partial charge >= 0.3 is 0 Å². The number of hydrogen-bond donors (Lipinski definition) is 1. The maximum absolute atomic E-state index is 11.5. The minimum Gasteiger partial charge on any atom is -0.337 e. The van der Waals surface area contributed by atoms with Crippen LogP contribution in [0, 0.1) is 0 Å². The number of rotatable bonds is 6. The Kier molecular flexibility index (Phi) is 7.83. The first-order valence-electron chi connectivity index (χ1n) is 9.37. The molecule has 152 valence electrons. The maximum Gasteiger partial charge on any atom is 0.245 e. The number of nitrogens with zero attached hydrogens (tertiary/aromatic N) is 3. The van der Waals surface area contributed by atoms with Crippen LogP contribution in [0.5, 0.6) is 0 Å². The van der Waals surface area contributed by atoms with E-state index in [0.717, 1.165) is 35.3 Å². The van der Waals surface area contributed by atoms with Crippen LogP contribution in [0.25, 0.3) is 16.9 Å². The fourth-order valence-electron chi connectivity index (χ4n) is 2.28. The van der Waals surface area contributed by atoms with E-state index in [0.29, 0.717) is 0 Å². The van der Waals surface area contributed by atoms with Crippen LogP contribution in [-0.2, 0) is 0 Å². The summed E-state index contributed by atoms with van der Waals surface area (Å²) in [5.41, 5.74) is 3.68. The first-order chi connectivity index (χ1) is 13.9. The van der Waals surface area contributed by atoms with E-state index in [1.807, 2.05) is 72.3 Å². The van der Waals surface area contributed by atoms with E-state index >= 15 is 0 Å². The summed E-state index contributed by atoms with van der Waals surface area (Å²) in [6.45, 7) is 8.04. The molecule has 0 unspecified atom stereocenters. The zero-order valence-corrected chi connectivity index (χ0v) is 16.9. The van der Waals surface area contributed by atoms with Crippen LogP contribution >= 0.6 is 0 Å². The van der Waals surface area contributed by atoms with Gasteiger partial charge in [0.05, 0.1) is 5.69 Å². The van der Waals surface area contributed by atoms with Crippen LogP contribution in [0.3, 0.4) is 0 Å². The Bertz CT molecular complexity index is 983. The molecule has 0 atom stereocenters. The smallest absolute Gasteiger partial charge is 0.245 e. The number of allylic oxidation sites excluding steroid dienone is 4. The van der Waals surface area contributed by atoms with Crippen molar-refractivity contribution in [1.29, 1.82) is 0 Å². The lowest BCUT2D eigenvalue weighted by molar-refractivity contribution is 0.0181. The Morgan fingerprint density at radius 2 is 1.97 bits per heavy atom. The van der Waals surface area contributed by atoms with E-state index in [9.17, 15) is 8.78 Å². The average Bonchev–Trinajstić information content (AvgIpc) is 3.20. The van der Waals surface area contributed by atoms with Gasteiger partial charge in [0, 0.05) is 36.3 Å². The van der Waals surface area contributed by atoms with E-state index in [1.54, 1.807) is 12.3 Å². The van der Waals surface area contributed by atoms with Crippen LogP contribution in [-0.4, -0.2) is 20.3 Å². The van der Waals surface area contributed by atoms with Gasteiger partial charge in [-0.2, -0.15) is 0 Å². The molecule has 1 aromatic carbocycles. The second-order valence-electron chi connectivity index (χ2n) is 6.39. The van der Waals surface area contributed by atoms with E-state index < -0.39 is 5.92 Å². The molecule has 3 aromatic rings. The van der Waals surface area contributed by atoms with Gasteiger partial charge in [-0.25, -0.2) is 18.7 Å². The molecule has 0 spiro atoms. The van der Waals surface area contributed by atoms with Gasteiger partial charge in [-0.15, -0.1) is 0 Å². The van der Waals surface area contributed by atoms with Gasteiger partial charge < -0.3 is 9.72 Å². The highest BCUT2D eigenvalue weighted by molar-refractivity contribution is 5.71. The number of imidazole rings is 1. The molecule has 0 bridgehead atoms. The summed E-state index contributed by atoms with van der Waals surface area (Å²) >= 11 is 0. The highest BCUT2D eigenvalue weighted by Gasteiger charge is 2.15. The van der Waals surface area contributed by atoms with Crippen molar-refractivity contribution >= 4 is 11.5 Å². The van der Waals surface area contributed by atoms with Crippen molar-refractivity contribution in [1.82, 2.24) is 14.4 Å². The fourth-order valence-corrected chi connectivity index (χ4v) is 2.28. The second-order valence-corrected chi connectivity index (χ2v) is 6.39. The molecule has 2 aromatic heterocycles. The number of nitrogens with one attached hydrogen (secondary N) is 1. The molecule has 0 fully saturated rings. The number of aromatic nitrogens is 3. The predicted molar refractivity (Wildman–Crippen MR) is 116 cm³/mol. The summed E-state index contributed by atoms with van der Waals surface area (Å²) in [4.78, 5) is 9.13. The Morgan fingerprint density at radius 3 is 2.55 bits per heavy atom. The molecule has 0 saturated carbocycles. The number of alkyl halides is 2. The zero-order valence-electron chi connectivity index (χ0n) is 16.9. The van der Waals surface area contributed by atoms with E-state index in [4.69, 9.17) is 4.98 Å². The third-order valence-electron chi connectivity index (χ3n) is 4.05. The van der Waals surface area contributed by atoms with Crippen LogP contribution in [0.4, 0.5) is 14.6 Å². The summed E-state index contributed by atoms with van der Waals surface area (Å²) in [5.74, 6) is -1.74. The molecular formula is C23H26F2N4. The fraction of sp³-hybridized carbons (Fsp3) is 0.217.